The van der Waals surface area contributed by atoms with Gasteiger partial charge in [-0.3, -0.25) is 0 Å². The lowest BCUT2D eigenvalue weighted by molar-refractivity contribution is 0.593. The molecule has 1 heterocycles. The van der Waals surface area contributed by atoms with Crippen molar-refractivity contribution in [1.29, 1.82) is 0 Å². The van der Waals surface area contributed by atoms with E-state index in [0.29, 0.717) is 12.0 Å². The maximum Gasteiger partial charge on any atom is 0.0299 e. The number of aryl methyl sites for hydroxylation is 1. The van der Waals surface area contributed by atoms with Gasteiger partial charge < -0.3 is 5.32 Å². The molecule has 1 N–H and O–H groups in total. The quantitative estimate of drug-likeness (QED) is 0.813. The van der Waals surface area contributed by atoms with Crippen LogP contribution in [0.25, 0.3) is 6.08 Å². The van der Waals surface area contributed by atoms with E-state index in [1.165, 1.54) is 16.0 Å². The maximum absolute atomic E-state index is 3.50. The highest BCUT2D eigenvalue weighted by molar-refractivity contribution is 7.11. The van der Waals surface area contributed by atoms with Crippen LogP contribution in [0.1, 0.15) is 38.1 Å². The second kappa shape index (κ2) is 6.21. The van der Waals surface area contributed by atoms with Gasteiger partial charge in [-0.1, -0.05) is 33.3 Å². The average molecular weight is 237 g/mol. The monoisotopic (exact) mass is 237 g/mol. The maximum atomic E-state index is 3.50. The van der Waals surface area contributed by atoms with Crippen LogP contribution >= 0.6 is 11.3 Å². The third-order valence-electron chi connectivity index (χ3n) is 2.67. The molecular formula is C14H23NS. The van der Waals surface area contributed by atoms with Gasteiger partial charge in [-0.05, 0) is 35.9 Å². The summed E-state index contributed by atoms with van der Waals surface area (Å²) >= 11 is 1.83. The van der Waals surface area contributed by atoms with Crippen LogP contribution < -0.4 is 5.32 Å². The summed E-state index contributed by atoms with van der Waals surface area (Å²) < 4.78 is 0. The molecule has 0 amide bonds. The Kier molecular flexibility index (Phi) is 5.23. The topological polar surface area (TPSA) is 12.0 Å². The highest BCUT2D eigenvalue weighted by atomic mass is 32.1. The summed E-state index contributed by atoms with van der Waals surface area (Å²) in [5, 5.41) is 5.66. The average Bonchev–Trinajstić information content (AvgIpc) is 2.58. The van der Waals surface area contributed by atoms with E-state index in [1.54, 1.807) is 0 Å². The largest absolute Gasteiger partial charge is 0.311 e. The molecule has 1 aromatic rings. The normalized spacial score (nSPS) is 12.8. The summed E-state index contributed by atoms with van der Waals surface area (Å²) in [7, 11) is 0. The van der Waals surface area contributed by atoms with Crippen LogP contribution in [0.3, 0.4) is 0 Å². The molecule has 0 saturated carbocycles. The molecule has 0 radical (unpaired) electrons. The Bertz CT molecular complexity index is 347. The fourth-order valence-electron chi connectivity index (χ4n) is 1.44. The zero-order chi connectivity index (χ0) is 12.1. The highest BCUT2D eigenvalue weighted by Gasteiger charge is 2.06. The van der Waals surface area contributed by atoms with Crippen molar-refractivity contribution < 1.29 is 0 Å². The Hall–Kier alpha value is -0.600. The summed E-state index contributed by atoms with van der Waals surface area (Å²) in [5.74, 6) is 0.604. The van der Waals surface area contributed by atoms with Crippen LogP contribution in [0.2, 0.25) is 0 Å². The van der Waals surface area contributed by atoms with Crippen molar-refractivity contribution in [2.45, 2.75) is 40.7 Å². The molecule has 0 aliphatic heterocycles. The van der Waals surface area contributed by atoms with Crippen molar-refractivity contribution in [3.8, 4) is 0 Å². The van der Waals surface area contributed by atoms with Gasteiger partial charge in [0.2, 0.25) is 0 Å². The zero-order valence-electron chi connectivity index (χ0n) is 11.0. The highest BCUT2D eigenvalue weighted by Crippen LogP contribution is 2.21. The molecule has 1 nitrogen and oxygen atoms in total. The standard InChI is InChI=1S/C14H23NS/c1-10(2)13(9-15-11(3)4)8-14-12(5)6-7-16-14/h6-8,10-11,15H,9H2,1-5H3. The molecule has 0 fully saturated rings. The predicted molar refractivity (Wildman–Crippen MR) is 75.0 cm³/mol. The molecule has 2 heteroatoms. The van der Waals surface area contributed by atoms with Crippen molar-refractivity contribution in [3.63, 3.8) is 0 Å². The van der Waals surface area contributed by atoms with Gasteiger partial charge >= 0.3 is 0 Å². The molecule has 0 saturated heterocycles. The van der Waals surface area contributed by atoms with Gasteiger partial charge in [0, 0.05) is 17.5 Å². The summed E-state index contributed by atoms with van der Waals surface area (Å²) in [5.41, 5.74) is 2.87. The lowest BCUT2D eigenvalue weighted by Gasteiger charge is -2.14. The molecule has 0 unspecified atom stereocenters. The summed E-state index contributed by atoms with van der Waals surface area (Å²) in [6.07, 6.45) is 2.35. The predicted octanol–water partition coefficient (Wildman–Crippen LogP) is 4.09. The molecule has 90 valence electrons. The fraction of sp³-hybridized carbons (Fsp3) is 0.571. The molecule has 0 spiro atoms. The summed E-state index contributed by atoms with van der Waals surface area (Å²) in [6, 6.07) is 2.73. The van der Waals surface area contributed by atoms with Gasteiger partial charge in [0.15, 0.2) is 0 Å². The van der Waals surface area contributed by atoms with Gasteiger partial charge in [-0.25, -0.2) is 0 Å². The smallest absolute Gasteiger partial charge is 0.0299 e. The number of hydrogen-bond acceptors (Lipinski definition) is 2. The number of hydrogen-bond donors (Lipinski definition) is 1. The SMILES string of the molecule is Cc1ccsc1C=C(CNC(C)C)C(C)C. The van der Waals surface area contributed by atoms with Crippen molar-refractivity contribution >= 4 is 17.4 Å². The van der Waals surface area contributed by atoms with Crippen molar-refractivity contribution in [2.75, 3.05) is 6.54 Å². The first kappa shape index (κ1) is 13.5. The van der Waals surface area contributed by atoms with Crippen LogP contribution in [-0.4, -0.2) is 12.6 Å². The van der Waals surface area contributed by atoms with Crippen LogP contribution in [0, 0.1) is 12.8 Å². The first-order chi connectivity index (χ1) is 7.50. The number of rotatable bonds is 5. The molecule has 0 atom stereocenters. The molecule has 0 bridgehead atoms. The molecule has 0 aromatic carbocycles. The molecule has 16 heavy (non-hydrogen) atoms. The van der Waals surface area contributed by atoms with Gasteiger partial charge in [0.05, 0.1) is 0 Å². The second-order valence-corrected chi connectivity index (χ2v) is 5.83. The molecule has 0 aliphatic rings. The van der Waals surface area contributed by atoms with Crippen LogP contribution in [0.15, 0.2) is 17.0 Å². The van der Waals surface area contributed by atoms with E-state index in [9.17, 15) is 0 Å². The Morgan fingerprint density at radius 3 is 2.50 bits per heavy atom. The first-order valence-corrected chi connectivity index (χ1v) is 6.86. The molecule has 1 rings (SSSR count). The van der Waals surface area contributed by atoms with E-state index < -0.39 is 0 Å². The Balaban J connectivity index is 2.77. The van der Waals surface area contributed by atoms with Crippen LogP contribution in [0.5, 0.6) is 0 Å². The molecule has 0 aliphatic carbocycles. The number of nitrogens with one attached hydrogen (secondary N) is 1. The summed E-state index contributed by atoms with van der Waals surface area (Å²) in [6.45, 7) is 12.1. The summed E-state index contributed by atoms with van der Waals surface area (Å²) in [4.78, 5) is 1.40. The van der Waals surface area contributed by atoms with E-state index >= 15 is 0 Å². The van der Waals surface area contributed by atoms with Gasteiger partial charge in [-0.2, -0.15) is 0 Å². The van der Waals surface area contributed by atoms with Crippen molar-refractivity contribution in [1.82, 2.24) is 5.32 Å². The fourth-order valence-corrected chi connectivity index (χ4v) is 2.34. The Labute approximate surface area is 104 Å². The van der Waals surface area contributed by atoms with Crippen molar-refractivity contribution in [3.05, 3.63) is 27.5 Å². The van der Waals surface area contributed by atoms with Crippen molar-refractivity contribution in [2.24, 2.45) is 5.92 Å². The first-order valence-electron chi connectivity index (χ1n) is 5.98. The van der Waals surface area contributed by atoms with Gasteiger partial charge in [-0.15, -0.1) is 11.3 Å². The lowest BCUT2D eigenvalue weighted by Crippen LogP contribution is -2.26. The van der Waals surface area contributed by atoms with E-state index in [-0.39, 0.29) is 0 Å². The lowest BCUT2D eigenvalue weighted by atomic mass is 10.0. The van der Waals surface area contributed by atoms with Crippen LogP contribution in [-0.2, 0) is 0 Å². The van der Waals surface area contributed by atoms with E-state index in [0.717, 1.165) is 6.54 Å². The third kappa shape index (κ3) is 4.11. The van der Waals surface area contributed by atoms with Gasteiger partial charge in [0.25, 0.3) is 0 Å². The van der Waals surface area contributed by atoms with E-state index in [2.05, 4.69) is 57.5 Å². The van der Waals surface area contributed by atoms with E-state index in [4.69, 9.17) is 0 Å². The molecular weight excluding hydrogens is 214 g/mol. The zero-order valence-corrected chi connectivity index (χ0v) is 11.8. The minimum Gasteiger partial charge on any atom is -0.311 e. The van der Waals surface area contributed by atoms with Gasteiger partial charge in [0.1, 0.15) is 0 Å². The minimum absolute atomic E-state index is 0.548. The third-order valence-corrected chi connectivity index (χ3v) is 3.64. The second-order valence-electron chi connectivity index (χ2n) is 4.88. The Morgan fingerprint density at radius 1 is 1.38 bits per heavy atom. The minimum atomic E-state index is 0.548. The van der Waals surface area contributed by atoms with Crippen LogP contribution in [0.4, 0.5) is 0 Å². The Morgan fingerprint density at radius 2 is 2.06 bits per heavy atom. The molecule has 1 aromatic heterocycles. The number of thiophene rings is 1. The van der Waals surface area contributed by atoms with E-state index in [1.807, 2.05) is 11.3 Å².